The van der Waals surface area contributed by atoms with Crippen LogP contribution in [0.3, 0.4) is 0 Å². The summed E-state index contributed by atoms with van der Waals surface area (Å²) in [5.41, 5.74) is 4.84. The Morgan fingerprint density at radius 1 is 0.800 bits per heavy atom. The van der Waals surface area contributed by atoms with Crippen LogP contribution in [0.15, 0.2) is 91.1 Å². The van der Waals surface area contributed by atoms with Gasteiger partial charge in [0.1, 0.15) is 5.69 Å². The molecule has 4 aromatic rings. The SMILES string of the molecule is O=C(NCc1ccc(C(=O)N2CCCC2)cc1)c1cn(Cc2ccccc2)nc1-c1ccccc1. The van der Waals surface area contributed by atoms with Crippen LogP contribution in [0.25, 0.3) is 11.3 Å². The molecule has 1 aliphatic rings. The summed E-state index contributed by atoms with van der Waals surface area (Å²) in [6.45, 7) is 2.62. The van der Waals surface area contributed by atoms with Gasteiger partial charge in [-0.1, -0.05) is 72.8 Å². The number of benzene rings is 3. The number of aromatic nitrogens is 2. The highest BCUT2D eigenvalue weighted by Gasteiger charge is 2.20. The average molecular weight is 465 g/mol. The van der Waals surface area contributed by atoms with E-state index in [-0.39, 0.29) is 11.8 Å². The van der Waals surface area contributed by atoms with Gasteiger partial charge in [-0.25, -0.2) is 0 Å². The molecule has 1 saturated heterocycles. The molecule has 0 bridgehead atoms. The highest BCUT2D eigenvalue weighted by atomic mass is 16.2. The van der Waals surface area contributed by atoms with Crippen molar-refractivity contribution in [2.24, 2.45) is 0 Å². The molecule has 6 nitrogen and oxygen atoms in total. The number of amides is 2. The summed E-state index contributed by atoms with van der Waals surface area (Å²) in [5.74, 6) is -0.100. The number of carbonyl (C=O) groups is 2. The summed E-state index contributed by atoms with van der Waals surface area (Å²) in [7, 11) is 0. The van der Waals surface area contributed by atoms with Gasteiger partial charge in [0, 0.05) is 37.0 Å². The summed E-state index contributed by atoms with van der Waals surface area (Å²) >= 11 is 0. The fourth-order valence-corrected chi connectivity index (χ4v) is 4.39. The van der Waals surface area contributed by atoms with Gasteiger partial charge in [0.15, 0.2) is 0 Å². The minimum atomic E-state index is -0.180. The van der Waals surface area contributed by atoms with Gasteiger partial charge in [0.05, 0.1) is 12.1 Å². The second-order valence-corrected chi connectivity index (χ2v) is 8.82. The Hall–Kier alpha value is -4.19. The molecule has 3 aromatic carbocycles. The first-order valence-electron chi connectivity index (χ1n) is 12.0. The maximum absolute atomic E-state index is 13.2. The van der Waals surface area contributed by atoms with Crippen molar-refractivity contribution in [3.8, 4) is 11.3 Å². The molecule has 0 saturated carbocycles. The van der Waals surface area contributed by atoms with Gasteiger partial charge in [-0.2, -0.15) is 5.10 Å². The van der Waals surface area contributed by atoms with Gasteiger partial charge in [0.25, 0.3) is 11.8 Å². The summed E-state index contributed by atoms with van der Waals surface area (Å²) in [5, 5.41) is 7.75. The fraction of sp³-hybridized carbons (Fsp3) is 0.207. The first kappa shape index (κ1) is 22.6. The largest absolute Gasteiger partial charge is 0.348 e. The minimum Gasteiger partial charge on any atom is -0.348 e. The lowest BCUT2D eigenvalue weighted by Gasteiger charge is -2.15. The van der Waals surface area contributed by atoms with E-state index in [1.54, 1.807) is 0 Å². The van der Waals surface area contributed by atoms with Gasteiger partial charge in [-0.3, -0.25) is 14.3 Å². The summed E-state index contributed by atoms with van der Waals surface area (Å²) in [6, 6.07) is 27.3. The predicted octanol–water partition coefficient (Wildman–Crippen LogP) is 4.76. The van der Waals surface area contributed by atoms with E-state index in [9.17, 15) is 9.59 Å². The zero-order valence-electron chi connectivity index (χ0n) is 19.6. The number of nitrogens with one attached hydrogen (secondary N) is 1. The molecular weight excluding hydrogens is 436 g/mol. The van der Waals surface area contributed by atoms with Crippen molar-refractivity contribution < 1.29 is 9.59 Å². The Bertz CT molecular complexity index is 1290. The molecule has 1 aliphatic heterocycles. The van der Waals surface area contributed by atoms with Crippen LogP contribution in [0.2, 0.25) is 0 Å². The van der Waals surface area contributed by atoms with Gasteiger partial charge in [0.2, 0.25) is 0 Å². The van der Waals surface area contributed by atoms with Crippen molar-refractivity contribution in [2.45, 2.75) is 25.9 Å². The molecular formula is C29H28N4O2. The Kier molecular flexibility index (Phi) is 6.70. The van der Waals surface area contributed by atoms with E-state index in [1.165, 1.54) is 0 Å². The highest BCUT2D eigenvalue weighted by molar-refractivity contribution is 5.99. The second-order valence-electron chi connectivity index (χ2n) is 8.82. The minimum absolute atomic E-state index is 0.0800. The predicted molar refractivity (Wildman–Crippen MR) is 136 cm³/mol. The maximum Gasteiger partial charge on any atom is 0.255 e. The van der Waals surface area contributed by atoms with Crippen molar-refractivity contribution in [2.75, 3.05) is 13.1 Å². The van der Waals surface area contributed by atoms with Crippen LogP contribution in [0.1, 0.15) is 44.7 Å². The molecule has 0 spiro atoms. The van der Waals surface area contributed by atoms with Crippen LogP contribution in [-0.4, -0.2) is 39.6 Å². The molecule has 176 valence electrons. The second kappa shape index (κ2) is 10.4. The molecule has 1 N–H and O–H groups in total. The van der Waals surface area contributed by atoms with E-state index in [0.29, 0.717) is 29.9 Å². The molecule has 0 atom stereocenters. The van der Waals surface area contributed by atoms with Gasteiger partial charge < -0.3 is 10.2 Å². The molecule has 6 heteroatoms. The normalized spacial score (nSPS) is 13.1. The summed E-state index contributed by atoms with van der Waals surface area (Å²) < 4.78 is 1.81. The Morgan fingerprint density at radius 2 is 1.46 bits per heavy atom. The van der Waals surface area contributed by atoms with E-state index in [0.717, 1.165) is 42.6 Å². The lowest BCUT2D eigenvalue weighted by molar-refractivity contribution is 0.0792. The van der Waals surface area contributed by atoms with Crippen molar-refractivity contribution in [1.29, 1.82) is 0 Å². The van der Waals surface area contributed by atoms with Crippen LogP contribution in [0.5, 0.6) is 0 Å². The molecule has 0 aliphatic carbocycles. The van der Waals surface area contributed by atoms with E-state index in [4.69, 9.17) is 5.10 Å². The van der Waals surface area contributed by atoms with E-state index in [2.05, 4.69) is 5.32 Å². The number of hydrogen-bond acceptors (Lipinski definition) is 3. The maximum atomic E-state index is 13.2. The third-order valence-electron chi connectivity index (χ3n) is 6.29. The van der Waals surface area contributed by atoms with Crippen LogP contribution in [-0.2, 0) is 13.1 Å². The fourth-order valence-electron chi connectivity index (χ4n) is 4.39. The quantitative estimate of drug-likeness (QED) is 0.429. The topological polar surface area (TPSA) is 67.2 Å². The summed E-state index contributed by atoms with van der Waals surface area (Å²) in [6.07, 6.45) is 3.95. The molecule has 0 radical (unpaired) electrons. The third-order valence-corrected chi connectivity index (χ3v) is 6.29. The van der Waals surface area contributed by atoms with E-state index >= 15 is 0 Å². The number of likely N-dealkylation sites (tertiary alicyclic amines) is 1. The summed E-state index contributed by atoms with van der Waals surface area (Å²) in [4.78, 5) is 27.7. The van der Waals surface area contributed by atoms with Crippen molar-refractivity contribution >= 4 is 11.8 Å². The molecule has 2 heterocycles. The lowest BCUT2D eigenvalue weighted by Crippen LogP contribution is -2.27. The molecule has 35 heavy (non-hydrogen) atoms. The van der Waals surface area contributed by atoms with Crippen LogP contribution < -0.4 is 5.32 Å². The number of carbonyl (C=O) groups excluding carboxylic acids is 2. The number of hydrogen-bond donors (Lipinski definition) is 1. The van der Waals surface area contributed by atoms with E-state index in [1.807, 2.05) is 101 Å². The molecule has 2 amide bonds. The van der Waals surface area contributed by atoms with E-state index < -0.39 is 0 Å². The smallest absolute Gasteiger partial charge is 0.255 e. The average Bonchev–Trinajstić information content (AvgIpc) is 3.59. The van der Waals surface area contributed by atoms with Crippen LogP contribution in [0, 0.1) is 0 Å². The van der Waals surface area contributed by atoms with Crippen molar-refractivity contribution in [3.63, 3.8) is 0 Å². The third kappa shape index (κ3) is 5.32. The highest BCUT2D eigenvalue weighted by Crippen LogP contribution is 2.23. The van der Waals surface area contributed by atoms with Crippen molar-refractivity contribution in [3.05, 3.63) is 113 Å². The Balaban J connectivity index is 1.30. The Labute approximate surface area is 205 Å². The number of nitrogens with zero attached hydrogens (tertiary/aromatic N) is 3. The van der Waals surface area contributed by atoms with Gasteiger partial charge >= 0.3 is 0 Å². The molecule has 1 aromatic heterocycles. The lowest BCUT2D eigenvalue weighted by atomic mass is 10.1. The molecule has 1 fully saturated rings. The zero-order chi connectivity index (χ0) is 24.0. The zero-order valence-corrected chi connectivity index (χ0v) is 19.6. The number of rotatable bonds is 7. The molecule has 5 rings (SSSR count). The van der Waals surface area contributed by atoms with Crippen molar-refractivity contribution in [1.82, 2.24) is 20.0 Å². The van der Waals surface area contributed by atoms with Gasteiger partial charge in [-0.05, 0) is 36.1 Å². The molecule has 0 unspecified atom stereocenters. The van der Waals surface area contributed by atoms with Crippen LogP contribution >= 0.6 is 0 Å². The first-order chi connectivity index (χ1) is 17.2. The van der Waals surface area contributed by atoms with Crippen LogP contribution in [0.4, 0.5) is 0 Å². The van der Waals surface area contributed by atoms with Gasteiger partial charge in [-0.15, -0.1) is 0 Å². The first-order valence-corrected chi connectivity index (χ1v) is 12.0. The monoisotopic (exact) mass is 464 g/mol. The standard InChI is InChI=1S/C29H28N4O2/c34-28(30-19-22-13-15-25(16-14-22)29(35)32-17-7-8-18-32)26-21-33(20-23-9-3-1-4-10-23)31-27(26)24-11-5-2-6-12-24/h1-6,9-16,21H,7-8,17-20H2,(H,30,34). The Morgan fingerprint density at radius 3 is 2.14 bits per heavy atom.